The Morgan fingerprint density at radius 2 is 1.33 bits per heavy atom. The number of rotatable bonds is 3. The maximum atomic E-state index is 4.89. The molecule has 5 rings (SSSR count). The van der Waals surface area contributed by atoms with Crippen molar-refractivity contribution in [2.24, 2.45) is 9.98 Å². The normalized spacial score (nSPS) is 16.8. The van der Waals surface area contributed by atoms with Crippen LogP contribution in [0, 0.1) is 0 Å². The predicted molar refractivity (Wildman–Crippen MR) is 127 cm³/mol. The SMILES string of the molecule is CC1(C)CN(c2ccccc2)C(c2ccccc2)=N1.c1ccc(C2=NCCN2)cc1. The van der Waals surface area contributed by atoms with Crippen molar-refractivity contribution in [1.82, 2.24) is 5.32 Å². The smallest absolute Gasteiger partial charge is 0.136 e. The first-order chi connectivity index (χ1) is 14.6. The molecule has 0 aliphatic carbocycles. The van der Waals surface area contributed by atoms with Crippen LogP contribution in [0.1, 0.15) is 25.0 Å². The summed E-state index contributed by atoms with van der Waals surface area (Å²) >= 11 is 0. The van der Waals surface area contributed by atoms with Gasteiger partial charge in [-0.1, -0.05) is 78.9 Å². The van der Waals surface area contributed by atoms with E-state index in [2.05, 4.69) is 89.7 Å². The third-order valence-corrected chi connectivity index (χ3v) is 5.03. The van der Waals surface area contributed by atoms with Crippen molar-refractivity contribution in [1.29, 1.82) is 0 Å². The minimum absolute atomic E-state index is 0.0407. The molecule has 0 saturated carbocycles. The fourth-order valence-corrected chi connectivity index (χ4v) is 3.66. The zero-order valence-electron chi connectivity index (χ0n) is 17.6. The quantitative estimate of drug-likeness (QED) is 0.693. The van der Waals surface area contributed by atoms with E-state index in [1.807, 2.05) is 30.3 Å². The fourth-order valence-electron chi connectivity index (χ4n) is 3.66. The van der Waals surface area contributed by atoms with E-state index in [1.54, 1.807) is 0 Å². The molecule has 0 radical (unpaired) electrons. The van der Waals surface area contributed by atoms with Crippen molar-refractivity contribution in [3.8, 4) is 0 Å². The molecule has 0 amide bonds. The number of aliphatic imine (C=N–C) groups is 2. The molecule has 2 heterocycles. The van der Waals surface area contributed by atoms with Crippen LogP contribution in [-0.2, 0) is 0 Å². The van der Waals surface area contributed by atoms with Gasteiger partial charge in [0.1, 0.15) is 11.7 Å². The molecule has 3 aromatic rings. The number of anilines is 1. The number of amidine groups is 2. The first kappa shape index (κ1) is 19.9. The lowest BCUT2D eigenvalue weighted by Crippen LogP contribution is -2.32. The van der Waals surface area contributed by atoms with E-state index in [4.69, 9.17) is 4.99 Å². The lowest BCUT2D eigenvalue weighted by atomic mass is 10.1. The Morgan fingerprint density at radius 1 is 0.767 bits per heavy atom. The van der Waals surface area contributed by atoms with Gasteiger partial charge in [0, 0.05) is 29.9 Å². The molecule has 0 aromatic heterocycles. The molecular formula is C26H28N4. The third kappa shape index (κ3) is 4.77. The summed E-state index contributed by atoms with van der Waals surface area (Å²) in [5.74, 6) is 2.10. The van der Waals surface area contributed by atoms with Crippen molar-refractivity contribution in [3.63, 3.8) is 0 Å². The predicted octanol–water partition coefficient (Wildman–Crippen LogP) is 4.77. The van der Waals surface area contributed by atoms with Gasteiger partial charge in [-0.25, -0.2) is 0 Å². The van der Waals surface area contributed by atoms with Crippen LogP contribution in [0.4, 0.5) is 5.69 Å². The van der Waals surface area contributed by atoms with Gasteiger partial charge in [0.2, 0.25) is 0 Å². The van der Waals surface area contributed by atoms with E-state index in [0.29, 0.717) is 0 Å². The second-order valence-electron chi connectivity index (χ2n) is 8.06. The van der Waals surface area contributed by atoms with Gasteiger partial charge in [-0.05, 0) is 26.0 Å². The van der Waals surface area contributed by atoms with Gasteiger partial charge < -0.3 is 10.2 Å². The van der Waals surface area contributed by atoms with E-state index in [0.717, 1.165) is 31.3 Å². The standard InChI is InChI=1S/C17H18N2.C9H10N2/c1-17(2)13-19(15-11-7-4-8-12-15)16(18-17)14-9-5-3-6-10-14;1-2-4-8(5-3-1)9-10-6-7-11-9/h3-12H,13H2,1-2H3;1-5H,6-7H2,(H,10,11). The Labute approximate surface area is 179 Å². The number of nitrogens with zero attached hydrogens (tertiary/aromatic N) is 3. The summed E-state index contributed by atoms with van der Waals surface area (Å²) < 4.78 is 0. The van der Waals surface area contributed by atoms with Crippen LogP contribution in [-0.4, -0.2) is 36.8 Å². The molecule has 1 N–H and O–H groups in total. The van der Waals surface area contributed by atoms with E-state index in [9.17, 15) is 0 Å². The summed E-state index contributed by atoms with van der Waals surface area (Å²) in [6.07, 6.45) is 0. The van der Waals surface area contributed by atoms with E-state index < -0.39 is 0 Å². The molecule has 3 aromatic carbocycles. The van der Waals surface area contributed by atoms with Crippen LogP contribution in [0.3, 0.4) is 0 Å². The number of benzene rings is 3. The van der Waals surface area contributed by atoms with Gasteiger partial charge in [-0.2, -0.15) is 0 Å². The molecule has 152 valence electrons. The molecule has 0 atom stereocenters. The van der Waals surface area contributed by atoms with Crippen molar-refractivity contribution in [3.05, 3.63) is 102 Å². The van der Waals surface area contributed by atoms with Crippen molar-refractivity contribution in [2.45, 2.75) is 19.4 Å². The van der Waals surface area contributed by atoms with Crippen LogP contribution in [0.2, 0.25) is 0 Å². The molecule has 0 fully saturated rings. The van der Waals surface area contributed by atoms with E-state index >= 15 is 0 Å². The van der Waals surface area contributed by atoms with Crippen LogP contribution < -0.4 is 10.2 Å². The first-order valence-corrected chi connectivity index (χ1v) is 10.4. The summed E-state index contributed by atoms with van der Waals surface area (Å²) in [5.41, 5.74) is 3.53. The second kappa shape index (κ2) is 8.95. The second-order valence-corrected chi connectivity index (χ2v) is 8.06. The van der Waals surface area contributed by atoms with Crippen molar-refractivity contribution >= 4 is 17.4 Å². The van der Waals surface area contributed by atoms with Gasteiger partial charge in [-0.3, -0.25) is 9.98 Å². The van der Waals surface area contributed by atoms with Crippen molar-refractivity contribution < 1.29 is 0 Å². The van der Waals surface area contributed by atoms with Crippen LogP contribution in [0.25, 0.3) is 0 Å². The Bertz CT molecular complexity index is 1010. The van der Waals surface area contributed by atoms with Gasteiger partial charge >= 0.3 is 0 Å². The third-order valence-electron chi connectivity index (χ3n) is 5.03. The summed E-state index contributed by atoms with van der Waals surface area (Å²) in [6.45, 7) is 7.16. The summed E-state index contributed by atoms with van der Waals surface area (Å²) in [5, 5.41) is 3.22. The number of hydrogen-bond acceptors (Lipinski definition) is 4. The fraction of sp³-hybridized carbons (Fsp3) is 0.231. The molecule has 0 saturated heterocycles. The highest BCUT2D eigenvalue weighted by Crippen LogP contribution is 2.28. The number of para-hydroxylation sites is 1. The van der Waals surface area contributed by atoms with Crippen molar-refractivity contribution in [2.75, 3.05) is 24.5 Å². The minimum atomic E-state index is -0.0407. The maximum Gasteiger partial charge on any atom is 0.136 e. The zero-order valence-corrected chi connectivity index (χ0v) is 17.6. The Kier molecular flexibility index (Phi) is 5.94. The summed E-state index contributed by atoms with van der Waals surface area (Å²) in [4.78, 5) is 11.5. The highest BCUT2D eigenvalue weighted by Gasteiger charge is 2.32. The van der Waals surface area contributed by atoms with Crippen LogP contribution in [0.15, 0.2) is 101 Å². The Morgan fingerprint density at radius 3 is 1.90 bits per heavy atom. The maximum absolute atomic E-state index is 4.89. The van der Waals surface area contributed by atoms with E-state index in [1.165, 1.54) is 16.8 Å². The molecule has 2 aliphatic rings. The van der Waals surface area contributed by atoms with E-state index in [-0.39, 0.29) is 5.54 Å². The van der Waals surface area contributed by atoms with Crippen LogP contribution >= 0.6 is 0 Å². The largest absolute Gasteiger partial charge is 0.368 e. The molecule has 0 spiro atoms. The average Bonchev–Trinajstić information content (AvgIpc) is 3.44. The van der Waals surface area contributed by atoms with Gasteiger partial charge in [0.25, 0.3) is 0 Å². The molecule has 4 heteroatoms. The zero-order chi connectivity index (χ0) is 20.8. The molecule has 0 unspecified atom stereocenters. The van der Waals surface area contributed by atoms with Crippen LogP contribution in [0.5, 0.6) is 0 Å². The lowest BCUT2D eigenvalue weighted by Gasteiger charge is -2.22. The molecule has 30 heavy (non-hydrogen) atoms. The summed E-state index contributed by atoms with van der Waals surface area (Å²) in [7, 11) is 0. The molecular weight excluding hydrogens is 368 g/mol. The molecule has 2 aliphatic heterocycles. The average molecular weight is 397 g/mol. The lowest BCUT2D eigenvalue weighted by molar-refractivity contribution is 0.565. The number of nitrogens with one attached hydrogen (secondary N) is 1. The highest BCUT2D eigenvalue weighted by atomic mass is 15.3. The molecule has 4 nitrogen and oxygen atoms in total. The highest BCUT2D eigenvalue weighted by molar-refractivity contribution is 6.11. The summed E-state index contributed by atoms with van der Waals surface area (Å²) in [6, 6.07) is 31.1. The Hall–Kier alpha value is -3.40. The first-order valence-electron chi connectivity index (χ1n) is 10.4. The topological polar surface area (TPSA) is 40.0 Å². The van der Waals surface area contributed by atoms with Gasteiger partial charge in [0.15, 0.2) is 0 Å². The minimum Gasteiger partial charge on any atom is -0.368 e. The van der Waals surface area contributed by atoms with Gasteiger partial charge in [-0.15, -0.1) is 0 Å². The van der Waals surface area contributed by atoms with Gasteiger partial charge in [0.05, 0.1) is 12.1 Å². The molecule has 0 bridgehead atoms. The number of hydrogen-bond donors (Lipinski definition) is 1. The monoisotopic (exact) mass is 396 g/mol. The Balaban J connectivity index is 0.000000168.